The molecular formula is C40H73N3. The van der Waals surface area contributed by atoms with Crippen molar-refractivity contribution in [2.45, 2.75) is 168 Å². The van der Waals surface area contributed by atoms with Crippen LogP contribution in [0.4, 0.5) is 0 Å². The maximum atomic E-state index is 4.57. The predicted octanol–water partition coefficient (Wildman–Crippen LogP) is 13.7. The number of hydrogen-bond acceptors (Lipinski definition) is 3. The zero-order valence-corrected chi connectivity index (χ0v) is 31.0. The molecule has 0 atom stereocenters. The molecule has 0 aromatic carbocycles. The van der Waals surface area contributed by atoms with Crippen molar-refractivity contribution in [3.63, 3.8) is 0 Å². The lowest BCUT2D eigenvalue weighted by molar-refractivity contribution is 0.765. The van der Waals surface area contributed by atoms with Crippen LogP contribution in [0.1, 0.15) is 201 Å². The highest BCUT2D eigenvalue weighted by atomic mass is 14.7. The second kappa shape index (κ2) is 28.2. The molecule has 0 aliphatic carbocycles. The van der Waals surface area contributed by atoms with Crippen LogP contribution in [-0.4, -0.2) is 15.0 Å². The van der Waals surface area contributed by atoms with Gasteiger partial charge in [-0.1, -0.05) is 144 Å². The molecule has 248 valence electrons. The van der Waals surface area contributed by atoms with E-state index >= 15 is 0 Å². The summed E-state index contributed by atoms with van der Waals surface area (Å²) in [6.45, 7) is 38.2. The van der Waals surface area contributed by atoms with Crippen molar-refractivity contribution in [1.29, 1.82) is 0 Å². The molecule has 3 heteroatoms. The molecule has 43 heavy (non-hydrogen) atoms. The van der Waals surface area contributed by atoms with Gasteiger partial charge in [0.05, 0.1) is 0 Å². The Hall–Kier alpha value is -2.55. The van der Waals surface area contributed by atoms with Gasteiger partial charge in [-0.2, -0.15) is 0 Å². The van der Waals surface area contributed by atoms with Gasteiger partial charge in [0.25, 0.3) is 0 Å². The van der Waals surface area contributed by atoms with Crippen molar-refractivity contribution >= 4 is 0 Å². The molecule has 0 fully saturated rings. The number of nitrogens with zero attached hydrogens (tertiary/aromatic N) is 3. The van der Waals surface area contributed by atoms with Gasteiger partial charge in [-0.25, -0.2) is 0 Å². The normalized spacial score (nSPS) is 9.77. The van der Waals surface area contributed by atoms with E-state index in [4.69, 9.17) is 0 Å². The maximum Gasteiger partial charge on any atom is 0.0432 e. The average Bonchev–Trinajstić information content (AvgIpc) is 3.01. The van der Waals surface area contributed by atoms with Gasteiger partial charge in [-0.3, -0.25) is 15.0 Å². The van der Waals surface area contributed by atoms with Crippen LogP contribution in [0.5, 0.6) is 0 Å². The van der Waals surface area contributed by atoms with E-state index in [9.17, 15) is 0 Å². The molecule has 0 bridgehead atoms. The quantitative estimate of drug-likeness (QED) is 0.284. The highest BCUT2D eigenvalue weighted by Gasteiger charge is 2.05. The Balaban J connectivity index is -0.000000241. The highest BCUT2D eigenvalue weighted by Crippen LogP contribution is 2.20. The van der Waals surface area contributed by atoms with E-state index in [1.165, 1.54) is 33.8 Å². The molecule has 0 N–H and O–H groups in total. The van der Waals surface area contributed by atoms with E-state index in [0.717, 1.165) is 0 Å². The van der Waals surface area contributed by atoms with Crippen molar-refractivity contribution in [1.82, 2.24) is 15.0 Å². The molecule has 0 aliphatic rings. The molecule has 0 saturated carbocycles. The fourth-order valence-electron chi connectivity index (χ4n) is 3.36. The molecule has 0 aliphatic heterocycles. The van der Waals surface area contributed by atoms with Crippen molar-refractivity contribution < 1.29 is 0 Å². The summed E-state index contributed by atoms with van der Waals surface area (Å²) >= 11 is 0. The van der Waals surface area contributed by atoms with E-state index in [2.05, 4.69) is 134 Å². The third kappa shape index (κ3) is 20.9. The maximum absolute atomic E-state index is 4.57. The van der Waals surface area contributed by atoms with Crippen LogP contribution >= 0.6 is 0 Å². The standard InChI is InChI=1S/3C11H17N.3C2H6.CH4/c1-8(2)10-5-11(9(3)4)7-12-6-10;1-8(2)10-5-6-12-11(7-10)9(3)4;1-8(2)10-6-5-7-11(12-10)9(3)4;3*1-2;/h3*5-9H,1-4H3;3*1-2H3;1H4. The number of rotatable bonds is 6. The Morgan fingerprint density at radius 3 is 1.14 bits per heavy atom. The molecule has 3 nitrogen and oxygen atoms in total. The van der Waals surface area contributed by atoms with E-state index in [1.54, 1.807) is 0 Å². The summed E-state index contributed by atoms with van der Waals surface area (Å²) in [5.41, 5.74) is 7.64. The third-order valence-corrected chi connectivity index (χ3v) is 6.15. The number of aromatic nitrogens is 3. The number of hydrogen-bond donors (Lipinski definition) is 0. The first-order valence-corrected chi connectivity index (χ1v) is 16.7. The van der Waals surface area contributed by atoms with Crippen LogP contribution in [0, 0.1) is 0 Å². The van der Waals surface area contributed by atoms with Crippen LogP contribution in [0.25, 0.3) is 0 Å². The third-order valence-electron chi connectivity index (χ3n) is 6.15. The van der Waals surface area contributed by atoms with Gasteiger partial charge in [0, 0.05) is 35.7 Å². The lowest BCUT2D eigenvalue weighted by Crippen LogP contribution is -1.98. The smallest absolute Gasteiger partial charge is 0.0432 e. The molecule has 0 radical (unpaired) electrons. The van der Waals surface area contributed by atoms with Gasteiger partial charge in [0.15, 0.2) is 0 Å². The summed E-state index contributed by atoms with van der Waals surface area (Å²) in [7, 11) is 0. The van der Waals surface area contributed by atoms with Crippen molar-refractivity contribution in [3.05, 3.63) is 88.8 Å². The summed E-state index contributed by atoms with van der Waals surface area (Å²) in [6.07, 6.45) is 5.82. The first-order valence-electron chi connectivity index (χ1n) is 16.7. The van der Waals surface area contributed by atoms with Crippen LogP contribution in [0.3, 0.4) is 0 Å². The first kappa shape index (κ1) is 47.4. The largest absolute Gasteiger partial charge is 0.264 e. The Labute approximate surface area is 270 Å². The van der Waals surface area contributed by atoms with Crippen LogP contribution in [0.2, 0.25) is 0 Å². The molecule has 0 unspecified atom stereocenters. The Morgan fingerprint density at radius 1 is 0.442 bits per heavy atom. The summed E-state index contributed by atoms with van der Waals surface area (Å²) in [4.78, 5) is 13.1. The summed E-state index contributed by atoms with van der Waals surface area (Å²) in [5.74, 6) is 3.36. The fourth-order valence-corrected chi connectivity index (χ4v) is 3.36. The SMILES string of the molecule is C.CC.CC.CC.CC(C)c1cccc(C(C)C)n1.CC(C)c1ccnc(C(C)C)c1.CC(C)c1cncc(C(C)C)c1. The van der Waals surface area contributed by atoms with E-state index in [0.29, 0.717) is 35.5 Å². The van der Waals surface area contributed by atoms with E-state index in [1.807, 2.05) is 60.1 Å². The summed E-state index contributed by atoms with van der Waals surface area (Å²) in [5, 5.41) is 0. The van der Waals surface area contributed by atoms with Crippen LogP contribution in [0.15, 0.2) is 55.0 Å². The Bertz CT molecular complexity index is 816. The average molecular weight is 596 g/mol. The van der Waals surface area contributed by atoms with E-state index < -0.39 is 0 Å². The minimum absolute atomic E-state index is 0. The molecule has 0 amide bonds. The topological polar surface area (TPSA) is 38.7 Å². The highest BCUT2D eigenvalue weighted by molar-refractivity contribution is 5.23. The summed E-state index contributed by atoms with van der Waals surface area (Å²) < 4.78 is 0. The van der Waals surface area contributed by atoms with Gasteiger partial charge >= 0.3 is 0 Å². The second-order valence-corrected chi connectivity index (χ2v) is 11.5. The van der Waals surface area contributed by atoms with E-state index in [-0.39, 0.29) is 7.43 Å². The van der Waals surface area contributed by atoms with Crippen molar-refractivity contribution in [2.24, 2.45) is 0 Å². The zero-order valence-electron chi connectivity index (χ0n) is 31.0. The molecule has 3 aromatic rings. The van der Waals surface area contributed by atoms with Gasteiger partial charge < -0.3 is 0 Å². The molecule has 3 aromatic heterocycles. The second-order valence-electron chi connectivity index (χ2n) is 11.5. The first-order chi connectivity index (χ1) is 19.8. The Morgan fingerprint density at radius 2 is 0.814 bits per heavy atom. The zero-order chi connectivity index (χ0) is 33.4. The lowest BCUT2D eigenvalue weighted by atomic mass is 9.99. The fraction of sp³-hybridized carbons (Fsp3) is 0.625. The van der Waals surface area contributed by atoms with Gasteiger partial charge in [-0.15, -0.1) is 0 Å². The summed E-state index contributed by atoms with van der Waals surface area (Å²) in [6, 6.07) is 12.8. The van der Waals surface area contributed by atoms with Gasteiger partial charge in [-0.05, 0) is 76.5 Å². The van der Waals surface area contributed by atoms with Gasteiger partial charge in [0.2, 0.25) is 0 Å². The molecular weight excluding hydrogens is 522 g/mol. The molecule has 0 saturated heterocycles. The molecule has 3 rings (SSSR count). The number of pyridine rings is 3. The minimum atomic E-state index is 0. The van der Waals surface area contributed by atoms with Gasteiger partial charge in [0.1, 0.15) is 0 Å². The monoisotopic (exact) mass is 596 g/mol. The van der Waals surface area contributed by atoms with Crippen molar-refractivity contribution in [2.75, 3.05) is 0 Å². The van der Waals surface area contributed by atoms with Crippen LogP contribution in [-0.2, 0) is 0 Å². The minimum Gasteiger partial charge on any atom is -0.264 e. The molecule has 3 heterocycles. The predicted molar refractivity (Wildman–Crippen MR) is 198 cm³/mol. The Kier molecular flexibility index (Phi) is 31.1. The molecule has 0 spiro atoms. The lowest BCUT2D eigenvalue weighted by Gasteiger charge is -2.09. The van der Waals surface area contributed by atoms with Crippen LogP contribution < -0.4 is 0 Å². The van der Waals surface area contributed by atoms with Crippen molar-refractivity contribution in [3.8, 4) is 0 Å².